The summed E-state index contributed by atoms with van der Waals surface area (Å²) >= 11 is 0. The van der Waals surface area contributed by atoms with Crippen molar-refractivity contribution in [2.24, 2.45) is 0 Å². The molecule has 0 saturated heterocycles. The largest absolute Gasteiger partial charge is 0.322 e. The fourth-order valence-electron chi connectivity index (χ4n) is 2.47. The summed E-state index contributed by atoms with van der Waals surface area (Å²) in [4.78, 5) is 21.1. The first-order chi connectivity index (χ1) is 9.36. The molecule has 0 aliphatic rings. The predicted molar refractivity (Wildman–Crippen MR) is 80.1 cm³/mol. The Hall–Kier alpha value is -2.23. The molecule has 0 radical (unpaired) electrons. The third kappa shape index (κ3) is 3.02. The van der Waals surface area contributed by atoms with Gasteiger partial charge in [-0.3, -0.25) is 14.8 Å². The lowest BCUT2D eigenvalue weighted by molar-refractivity contribution is 0.102. The van der Waals surface area contributed by atoms with E-state index in [1.54, 1.807) is 0 Å². The number of pyridine rings is 2. The number of hydrogen-bond donors (Lipinski definition) is 1. The number of amides is 1. The van der Waals surface area contributed by atoms with E-state index in [1.165, 1.54) is 0 Å². The maximum atomic E-state index is 12.4. The summed E-state index contributed by atoms with van der Waals surface area (Å²) in [6, 6.07) is 5.64. The van der Waals surface area contributed by atoms with Crippen molar-refractivity contribution in [3.05, 3.63) is 52.1 Å². The normalized spacial score (nSPS) is 10.4. The molecule has 4 heteroatoms. The molecule has 2 aromatic rings. The third-order valence-electron chi connectivity index (χ3n) is 3.09. The molecule has 1 N–H and O–H groups in total. The highest BCUT2D eigenvalue weighted by Crippen LogP contribution is 2.17. The summed E-state index contributed by atoms with van der Waals surface area (Å²) in [5, 5.41) is 2.92. The van der Waals surface area contributed by atoms with Crippen molar-refractivity contribution in [3.8, 4) is 0 Å². The number of aryl methyl sites for hydroxylation is 5. The quantitative estimate of drug-likeness (QED) is 0.910. The minimum Gasteiger partial charge on any atom is -0.322 e. The van der Waals surface area contributed by atoms with E-state index in [0.717, 1.165) is 34.0 Å². The molecule has 104 valence electrons. The number of nitrogens with one attached hydrogen (secondary N) is 1. The Kier molecular flexibility index (Phi) is 3.84. The number of rotatable bonds is 2. The molecule has 0 saturated carbocycles. The van der Waals surface area contributed by atoms with Gasteiger partial charge in [0, 0.05) is 22.8 Å². The monoisotopic (exact) mass is 269 g/mol. The Balaban J connectivity index is 2.33. The van der Waals surface area contributed by atoms with Crippen molar-refractivity contribution in [3.63, 3.8) is 0 Å². The molecule has 2 aromatic heterocycles. The fourth-order valence-corrected chi connectivity index (χ4v) is 2.47. The zero-order chi connectivity index (χ0) is 14.9. The Labute approximate surface area is 119 Å². The Morgan fingerprint density at radius 1 is 0.900 bits per heavy atom. The van der Waals surface area contributed by atoms with Crippen LogP contribution in [0.3, 0.4) is 0 Å². The van der Waals surface area contributed by atoms with Crippen LogP contribution in [0, 0.1) is 34.6 Å². The van der Waals surface area contributed by atoms with Gasteiger partial charge < -0.3 is 5.32 Å². The van der Waals surface area contributed by atoms with Gasteiger partial charge in [0.2, 0.25) is 0 Å². The fraction of sp³-hybridized carbons (Fsp3) is 0.312. The van der Waals surface area contributed by atoms with Crippen LogP contribution in [0.5, 0.6) is 0 Å². The number of anilines is 1. The van der Waals surface area contributed by atoms with Gasteiger partial charge in [-0.1, -0.05) is 0 Å². The van der Waals surface area contributed by atoms with Crippen LogP contribution in [0.25, 0.3) is 0 Å². The number of carbonyl (C=O) groups is 1. The smallest absolute Gasteiger partial charge is 0.257 e. The second kappa shape index (κ2) is 5.41. The Morgan fingerprint density at radius 2 is 1.45 bits per heavy atom. The average molecular weight is 269 g/mol. The summed E-state index contributed by atoms with van der Waals surface area (Å²) < 4.78 is 0. The summed E-state index contributed by atoms with van der Waals surface area (Å²) in [6.07, 6.45) is 0. The summed E-state index contributed by atoms with van der Waals surface area (Å²) in [5.74, 6) is -0.127. The number of nitrogens with zero attached hydrogens (tertiary/aromatic N) is 2. The number of hydrogen-bond acceptors (Lipinski definition) is 3. The average Bonchev–Trinajstić information content (AvgIpc) is 2.25. The first-order valence-corrected chi connectivity index (χ1v) is 6.58. The van der Waals surface area contributed by atoms with Gasteiger partial charge in [0.1, 0.15) is 0 Å². The van der Waals surface area contributed by atoms with Crippen LogP contribution < -0.4 is 5.32 Å². The molecule has 0 aliphatic carbocycles. The number of aromatic nitrogens is 2. The molecule has 4 nitrogen and oxygen atoms in total. The molecule has 0 aromatic carbocycles. The van der Waals surface area contributed by atoms with Gasteiger partial charge >= 0.3 is 0 Å². The summed E-state index contributed by atoms with van der Waals surface area (Å²) in [6.45, 7) is 9.54. The van der Waals surface area contributed by atoms with E-state index in [4.69, 9.17) is 0 Å². The molecular weight excluding hydrogens is 250 g/mol. The third-order valence-corrected chi connectivity index (χ3v) is 3.09. The maximum absolute atomic E-state index is 12.4. The first kappa shape index (κ1) is 14.2. The maximum Gasteiger partial charge on any atom is 0.257 e. The van der Waals surface area contributed by atoms with Crippen molar-refractivity contribution in [1.29, 1.82) is 0 Å². The summed E-state index contributed by atoms with van der Waals surface area (Å²) in [5.41, 5.74) is 5.79. The van der Waals surface area contributed by atoms with E-state index in [0.29, 0.717) is 5.56 Å². The Morgan fingerprint density at radius 3 is 2.00 bits per heavy atom. The van der Waals surface area contributed by atoms with Gasteiger partial charge in [0.25, 0.3) is 5.91 Å². The van der Waals surface area contributed by atoms with Crippen molar-refractivity contribution in [2.75, 3.05) is 5.32 Å². The topological polar surface area (TPSA) is 54.9 Å². The van der Waals surface area contributed by atoms with Gasteiger partial charge in [0.05, 0.1) is 11.3 Å². The van der Waals surface area contributed by atoms with Gasteiger partial charge in [0.15, 0.2) is 0 Å². The molecule has 0 unspecified atom stereocenters. The van der Waals surface area contributed by atoms with E-state index < -0.39 is 0 Å². The van der Waals surface area contributed by atoms with E-state index in [-0.39, 0.29) is 5.91 Å². The minimum atomic E-state index is -0.127. The predicted octanol–water partition coefficient (Wildman–Crippen LogP) is 3.27. The van der Waals surface area contributed by atoms with Gasteiger partial charge in [-0.05, 0) is 58.4 Å². The zero-order valence-electron chi connectivity index (χ0n) is 12.5. The minimum absolute atomic E-state index is 0.127. The molecular formula is C16H19N3O. The van der Waals surface area contributed by atoms with E-state index in [9.17, 15) is 4.79 Å². The lowest BCUT2D eigenvalue weighted by Crippen LogP contribution is -2.16. The number of carbonyl (C=O) groups excluding carboxylic acids is 1. The molecule has 0 bridgehead atoms. The Bertz CT molecular complexity index is 634. The van der Waals surface area contributed by atoms with E-state index in [2.05, 4.69) is 15.3 Å². The first-order valence-electron chi connectivity index (χ1n) is 6.58. The molecule has 2 heterocycles. The molecule has 0 fully saturated rings. The molecule has 0 aliphatic heterocycles. The second-order valence-electron chi connectivity index (χ2n) is 5.13. The lowest BCUT2D eigenvalue weighted by atomic mass is 10.1. The van der Waals surface area contributed by atoms with Gasteiger partial charge in [-0.2, -0.15) is 0 Å². The summed E-state index contributed by atoms with van der Waals surface area (Å²) in [7, 11) is 0. The van der Waals surface area contributed by atoms with Gasteiger partial charge in [-0.25, -0.2) is 0 Å². The highest BCUT2D eigenvalue weighted by atomic mass is 16.1. The molecule has 0 spiro atoms. The molecule has 20 heavy (non-hydrogen) atoms. The standard InChI is InChI=1S/C16H19N3O/c1-9-6-10(2)18-13(5)15(9)16(20)19-14-7-11(3)17-12(4)8-14/h6-8H,1-5H3,(H,17,19,20). The van der Waals surface area contributed by atoms with Crippen LogP contribution >= 0.6 is 0 Å². The van der Waals surface area contributed by atoms with Crippen molar-refractivity contribution in [2.45, 2.75) is 34.6 Å². The van der Waals surface area contributed by atoms with E-state index >= 15 is 0 Å². The molecule has 2 rings (SSSR count). The van der Waals surface area contributed by atoms with Crippen LogP contribution in [0.4, 0.5) is 5.69 Å². The van der Waals surface area contributed by atoms with E-state index in [1.807, 2.05) is 52.8 Å². The highest BCUT2D eigenvalue weighted by Gasteiger charge is 2.14. The van der Waals surface area contributed by atoms with Gasteiger partial charge in [-0.15, -0.1) is 0 Å². The second-order valence-corrected chi connectivity index (χ2v) is 5.13. The van der Waals surface area contributed by atoms with Crippen LogP contribution in [-0.2, 0) is 0 Å². The van der Waals surface area contributed by atoms with Crippen molar-refractivity contribution >= 4 is 11.6 Å². The van der Waals surface area contributed by atoms with Crippen LogP contribution in [0.15, 0.2) is 18.2 Å². The van der Waals surface area contributed by atoms with Crippen molar-refractivity contribution < 1.29 is 4.79 Å². The zero-order valence-corrected chi connectivity index (χ0v) is 12.5. The van der Waals surface area contributed by atoms with Crippen LogP contribution in [0.1, 0.15) is 38.7 Å². The molecule has 0 atom stereocenters. The van der Waals surface area contributed by atoms with Crippen LogP contribution in [-0.4, -0.2) is 15.9 Å². The lowest BCUT2D eigenvalue weighted by Gasteiger charge is -2.11. The SMILES string of the molecule is Cc1cc(NC(=O)c2c(C)cc(C)nc2C)cc(C)n1. The van der Waals surface area contributed by atoms with Crippen LogP contribution in [0.2, 0.25) is 0 Å². The highest BCUT2D eigenvalue weighted by molar-refractivity contribution is 6.06. The van der Waals surface area contributed by atoms with Crippen molar-refractivity contribution in [1.82, 2.24) is 9.97 Å². The molecule has 1 amide bonds.